The highest BCUT2D eigenvalue weighted by Gasteiger charge is 2.42. The van der Waals surface area contributed by atoms with Gasteiger partial charge in [-0.15, -0.1) is 11.3 Å². The van der Waals surface area contributed by atoms with Crippen LogP contribution in [-0.4, -0.2) is 44.4 Å². The average Bonchev–Trinajstić information content (AvgIpc) is 3.17. The van der Waals surface area contributed by atoms with E-state index in [0.29, 0.717) is 21.4 Å². The minimum Gasteiger partial charge on any atom is -0.465 e. The number of rotatable bonds is 10. The predicted octanol–water partition coefficient (Wildman–Crippen LogP) is 4.93. The Morgan fingerprint density at radius 2 is 1.94 bits per heavy atom. The summed E-state index contributed by atoms with van der Waals surface area (Å²) in [7, 11) is -3.43. The zero-order valence-corrected chi connectivity index (χ0v) is 19.2. The normalized spacial score (nSPS) is 15.7. The number of amides is 1. The number of thiophene rings is 1. The highest BCUT2D eigenvalue weighted by atomic mass is 32.1. The van der Waals surface area contributed by atoms with Gasteiger partial charge in [-0.25, -0.2) is 9.48 Å². The molecule has 3 unspecified atom stereocenters. The van der Waals surface area contributed by atoms with E-state index in [2.05, 4.69) is 14.9 Å². The number of fused-ring (bicyclic) bond motifs is 1. The van der Waals surface area contributed by atoms with Crippen LogP contribution in [0, 0.1) is 0 Å². The lowest BCUT2D eigenvalue weighted by Gasteiger charge is -2.26. The molecule has 1 heterocycles. The molecule has 0 aliphatic heterocycles. The minimum absolute atomic E-state index is 0.0418. The molecule has 7 nitrogen and oxygen atoms in total. The summed E-state index contributed by atoms with van der Waals surface area (Å²) >= 11 is 1.13. The maximum atomic E-state index is 15.3. The molecule has 13 heteroatoms. The quantitative estimate of drug-likeness (QED) is 0.274. The zero-order valence-electron chi connectivity index (χ0n) is 17.5. The monoisotopic (exact) mass is 498 g/mol. The fourth-order valence-corrected chi connectivity index (χ4v) is 5.49. The SMILES string of the molecule is CCCOC(=O)C(C)NP(=O)(OCC(F)(F)F)C(F)c1ccc2sc(C(=O)NC)cc2c1. The molecule has 1 aromatic heterocycles. The standard InChI is InChI=1S/C19H23F4N2O5PS/c1-4-7-29-18(27)11(2)25-31(28,30-10-19(21,22)23)16(20)12-5-6-14-13(8-12)9-15(32-14)17(26)24-3/h5-6,8-9,11,16H,4,7,10H2,1-3H3,(H,24,26)(H,25,28). The van der Waals surface area contributed by atoms with Crippen LogP contribution in [-0.2, 0) is 18.6 Å². The summed E-state index contributed by atoms with van der Waals surface area (Å²) in [4.78, 5) is 24.1. The van der Waals surface area contributed by atoms with Crippen LogP contribution < -0.4 is 10.4 Å². The second-order valence-corrected chi connectivity index (χ2v) is 10.1. The molecule has 0 saturated heterocycles. The van der Waals surface area contributed by atoms with Crippen molar-refractivity contribution in [2.24, 2.45) is 0 Å². The van der Waals surface area contributed by atoms with E-state index in [9.17, 15) is 27.3 Å². The lowest BCUT2D eigenvalue weighted by Crippen LogP contribution is -2.35. The summed E-state index contributed by atoms with van der Waals surface area (Å²) in [6, 6.07) is 4.07. The summed E-state index contributed by atoms with van der Waals surface area (Å²) in [5.41, 5.74) is -0.231. The first-order chi connectivity index (χ1) is 14.9. The van der Waals surface area contributed by atoms with Gasteiger partial charge in [0.05, 0.1) is 11.5 Å². The largest absolute Gasteiger partial charge is 0.465 e. The summed E-state index contributed by atoms with van der Waals surface area (Å²) in [6.45, 7) is 0.985. The lowest BCUT2D eigenvalue weighted by molar-refractivity contribution is -0.154. The minimum atomic E-state index is -4.88. The van der Waals surface area contributed by atoms with Crippen molar-refractivity contribution in [3.05, 3.63) is 34.7 Å². The Bertz CT molecular complexity index is 1010. The van der Waals surface area contributed by atoms with E-state index in [4.69, 9.17) is 4.74 Å². The number of carbonyl (C=O) groups is 2. The van der Waals surface area contributed by atoms with Crippen molar-refractivity contribution in [3.8, 4) is 0 Å². The van der Waals surface area contributed by atoms with E-state index in [1.807, 2.05) is 0 Å². The van der Waals surface area contributed by atoms with Gasteiger partial charge in [0.2, 0.25) is 5.91 Å². The van der Waals surface area contributed by atoms with E-state index >= 15 is 4.39 Å². The molecule has 0 aliphatic rings. The van der Waals surface area contributed by atoms with Crippen molar-refractivity contribution < 1.29 is 41.0 Å². The summed E-state index contributed by atoms with van der Waals surface area (Å²) < 4.78 is 76.6. The molecule has 1 amide bonds. The third-order valence-corrected chi connectivity index (χ3v) is 7.43. The number of carbonyl (C=O) groups excluding carboxylic acids is 2. The zero-order chi connectivity index (χ0) is 24.1. The van der Waals surface area contributed by atoms with Gasteiger partial charge in [-0.2, -0.15) is 13.2 Å². The van der Waals surface area contributed by atoms with Crippen LogP contribution in [0.5, 0.6) is 0 Å². The Morgan fingerprint density at radius 3 is 2.53 bits per heavy atom. The number of esters is 1. The Hall–Kier alpha value is -2.01. The number of benzene rings is 1. The van der Waals surface area contributed by atoms with Crippen molar-refractivity contribution >= 4 is 40.8 Å². The van der Waals surface area contributed by atoms with Crippen LogP contribution in [0.3, 0.4) is 0 Å². The third kappa shape index (κ3) is 6.74. The van der Waals surface area contributed by atoms with Crippen molar-refractivity contribution in [1.82, 2.24) is 10.4 Å². The summed E-state index contributed by atoms with van der Waals surface area (Å²) in [5, 5.41) is 4.97. The number of halogens is 4. The van der Waals surface area contributed by atoms with Gasteiger partial charge in [0.15, 0.2) is 6.61 Å². The molecule has 32 heavy (non-hydrogen) atoms. The molecule has 0 aliphatic carbocycles. The lowest BCUT2D eigenvalue weighted by atomic mass is 10.2. The Balaban J connectivity index is 2.35. The van der Waals surface area contributed by atoms with Crippen molar-refractivity contribution in [3.63, 3.8) is 0 Å². The topological polar surface area (TPSA) is 93.7 Å². The number of hydrogen-bond donors (Lipinski definition) is 2. The molecule has 178 valence electrons. The van der Waals surface area contributed by atoms with E-state index in [1.54, 1.807) is 6.92 Å². The van der Waals surface area contributed by atoms with Gasteiger partial charge in [-0.3, -0.25) is 14.2 Å². The molecular formula is C19H23F4N2O5PS. The van der Waals surface area contributed by atoms with Gasteiger partial charge < -0.3 is 14.6 Å². The molecule has 0 saturated carbocycles. The number of ether oxygens (including phenoxy) is 1. The third-order valence-electron chi connectivity index (χ3n) is 4.16. The smallest absolute Gasteiger partial charge is 0.412 e. The van der Waals surface area contributed by atoms with E-state index < -0.39 is 38.2 Å². The van der Waals surface area contributed by atoms with Gasteiger partial charge in [0, 0.05) is 11.7 Å². The fraction of sp³-hybridized carbons (Fsp3) is 0.474. The van der Waals surface area contributed by atoms with Crippen molar-refractivity contribution in [1.29, 1.82) is 0 Å². The Morgan fingerprint density at radius 1 is 1.25 bits per heavy atom. The maximum Gasteiger partial charge on any atom is 0.412 e. The van der Waals surface area contributed by atoms with Crippen LogP contribution in [0.25, 0.3) is 10.1 Å². The van der Waals surface area contributed by atoms with Gasteiger partial charge in [0.25, 0.3) is 5.91 Å². The number of alkyl halides is 4. The first-order valence-electron chi connectivity index (χ1n) is 9.55. The van der Waals surface area contributed by atoms with E-state index in [1.165, 1.54) is 38.2 Å². The molecule has 0 fully saturated rings. The molecule has 2 N–H and O–H groups in total. The van der Waals surface area contributed by atoms with Gasteiger partial charge in [-0.1, -0.05) is 13.0 Å². The highest BCUT2D eigenvalue weighted by Crippen LogP contribution is 2.58. The van der Waals surface area contributed by atoms with E-state index in [-0.39, 0.29) is 18.1 Å². The summed E-state index contributed by atoms with van der Waals surface area (Å²) in [5.74, 6) is -3.78. The first-order valence-corrected chi connectivity index (χ1v) is 12.1. The van der Waals surface area contributed by atoms with Gasteiger partial charge in [0.1, 0.15) is 6.04 Å². The van der Waals surface area contributed by atoms with Gasteiger partial charge >= 0.3 is 19.7 Å². The van der Waals surface area contributed by atoms with Crippen LogP contribution in [0.2, 0.25) is 0 Å². The molecule has 0 bridgehead atoms. The fourth-order valence-electron chi connectivity index (χ4n) is 2.63. The first kappa shape index (κ1) is 26.2. The second kappa shape index (κ2) is 10.7. The molecule has 3 atom stereocenters. The molecule has 1 aromatic carbocycles. The van der Waals surface area contributed by atoms with Crippen LogP contribution in [0.15, 0.2) is 24.3 Å². The predicted molar refractivity (Wildman–Crippen MR) is 113 cm³/mol. The van der Waals surface area contributed by atoms with Crippen LogP contribution >= 0.6 is 18.9 Å². The van der Waals surface area contributed by atoms with E-state index in [0.717, 1.165) is 11.3 Å². The van der Waals surface area contributed by atoms with Gasteiger partial charge in [-0.05, 0) is 42.5 Å². The number of nitrogens with one attached hydrogen (secondary N) is 2. The van der Waals surface area contributed by atoms with Crippen LogP contribution in [0.1, 0.15) is 41.4 Å². The average molecular weight is 498 g/mol. The molecular weight excluding hydrogens is 475 g/mol. The maximum absolute atomic E-state index is 15.3. The summed E-state index contributed by atoms with van der Waals surface area (Å²) in [6.07, 6.45) is -4.38. The van der Waals surface area contributed by atoms with Crippen molar-refractivity contribution in [2.45, 2.75) is 38.4 Å². The highest BCUT2D eigenvalue weighted by molar-refractivity contribution is 7.57. The molecule has 0 spiro atoms. The molecule has 0 radical (unpaired) electrons. The van der Waals surface area contributed by atoms with Crippen molar-refractivity contribution in [2.75, 3.05) is 20.3 Å². The van der Waals surface area contributed by atoms with Crippen LogP contribution in [0.4, 0.5) is 17.6 Å². The number of hydrogen-bond acceptors (Lipinski definition) is 6. The Kier molecular flexibility index (Phi) is 8.81. The Labute approximate surface area is 186 Å². The molecule has 2 aromatic rings. The molecule has 2 rings (SSSR count). The second-order valence-electron chi connectivity index (χ2n) is 6.83.